The first kappa shape index (κ1) is 14.4. The van der Waals surface area contributed by atoms with E-state index in [1.54, 1.807) is 0 Å². The number of aromatic amines is 1. The molecule has 0 aromatic carbocycles. The summed E-state index contributed by atoms with van der Waals surface area (Å²) in [5.74, 6) is 0. The lowest BCUT2D eigenvalue weighted by molar-refractivity contribution is 0.333. The molecule has 1 aliphatic carbocycles. The Balaban J connectivity index is 2.42. The molecular formula is C14H22N2O2S. The van der Waals surface area contributed by atoms with E-state index in [0.717, 1.165) is 38.5 Å². The van der Waals surface area contributed by atoms with Crippen LogP contribution in [-0.4, -0.2) is 9.55 Å². The van der Waals surface area contributed by atoms with Crippen LogP contribution in [0.5, 0.6) is 0 Å². The molecule has 0 atom stereocenters. The van der Waals surface area contributed by atoms with Crippen molar-refractivity contribution in [2.45, 2.75) is 69.4 Å². The summed E-state index contributed by atoms with van der Waals surface area (Å²) < 4.78 is 1.43. The molecule has 1 aromatic rings. The molecule has 1 heterocycles. The molecule has 0 bridgehead atoms. The molecular weight excluding hydrogens is 260 g/mol. The van der Waals surface area contributed by atoms with Gasteiger partial charge in [-0.1, -0.05) is 32.6 Å². The van der Waals surface area contributed by atoms with E-state index in [1.165, 1.54) is 11.0 Å². The number of thiol groups is 1. The normalized spacial score (nSPS) is 16.7. The van der Waals surface area contributed by atoms with Crippen molar-refractivity contribution in [2.75, 3.05) is 0 Å². The highest BCUT2D eigenvalue weighted by atomic mass is 32.1. The number of aromatic nitrogens is 2. The SMILES string of the molecule is CCCCc1c(S)[nH]c(=O)n(C2CCCCC2)c1=O. The molecule has 1 aromatic heterocycles. The molecule has 1 fully saturated rings. The summed E-state index contributed by atoms with van der Waals surface area (Å²) in [5.41, 5.74) is 0.228. The van der Waals surface area contributed by atoms with E-state index in [2.05, 4.69) is 24.5 Å². The van der Waals surface area contributed by atoms with Crippen LogP contribution in [0.1, 0.15) is 63.5 Å². The fourth-order valence-electron chi connectivity index (χ4n) is 2.83. The second-order valence-corrected chi connectivity index (χ2v) is 5.78. The third-order valence-corrected chi connectivity index (χ3v) is 4.31. The lowest BCUT2D eigenvalue weighted by Gasteiger charge is -2.23. The molecule has 2 rings (SSSR count). The highest BCUT2D eigenvalue weighted by Gasteiger charge is 2.21. The van der Waals surface area contributed by atoms with E-state index < -0.39 is 0 Å². The molecule has 19 heavy (non-hydrogen) atoms. The van der Waals surface area contributed by atoms with Crippen molar-refractivity contribution in [1.29, 1.82) is 0 Å². The van der Waals surface area contributed by atoms with Gasteiger partial charge in [0.25, 0.3) is 5.56 Å². The fourth-order valence-corrected chi connectivity index (χ4v) is 3.13. The molecule has 1 aliphatic rings. The van der Waals surface area contributed by atoms with Gasteiger partial charge in [-0.05, 0) is 25.7 Å². The number of hydrogen-bond donors (Lipinski definition) is 2. The van der Waals surface area contributed by atoms with Crippen LogP contribution in [0.25, 0.3) is 0 Å². The smallest absolute Gasteiger partial charge is 0.302 e. The topological polar surface area (TPSA) is 54.9 Å². The van der Waals surface area contributed by atoms with E-state index >= 15 is 0 Å². The van der Waals surface area contributed by atoms with Crippen molar-refractivity contribution < 1.29 is 0 Å². The van der Waals surface area contributed by atoms with Gasteiger partial charge in [0.05, 0.1) is 5.03 Å². The van der Waals surface area contributed by atoms with Gasteiger partial charge in [-0.25, -0.2) is 4.79 Å². The second-order valence-electron chi connectivity index (χ2n) is 5.33. The van der Waals surface area contributed by atoms with Crippen molar-refractivity contribution in [3.8, 4) is 0 Å². The summed E-state index contributed by atoms with van der Waals surface area (Å²) in [4.78, 5) is 27.3. The molecule has 1 N–H and O–H groups in total. The van der Waals surface area contributed by atoms with Crippen LogP contribution in [0.15, 0.2) is 14.6 Å². The molecule has 0 spiro atoms. The number of nitrogens with one attached hydrogen (secondary N) is 1. The minimum absolute atomic E-state index is 0.0688. The van der Waals surface area contributed by atoms with Gasteiger partial charge >= 0.3 is 5.69 Å². The summed E-state index contributed by atoms with van der Waals surface area (Å²) in [6, 6.07) is 0.0688. The van der Waals surface area contributed by atoms with E-state index in [0.29, 0.717) is 17.0 Å². The third kappa shape index (κ3) is 3.14. The number of nitrogens with zero attached hydrogens (tertiary/aromatic N) is 1. The highest BCUT2D eigenvalue weighted by Crippen LogP contribution is 2.26. The van der Waals surface area contributed by atoms with Gasteiger partial charge in [0.2, 0.25) is 0 Å². The Morgan fingerprint density at radius 2 is 1.95 bits per heavy atom. The summed E-state index contributed by atoms with van der Waals surface area (Å²) in [6.45, 7) is 2.09. The Morgan fingerprint density at radius 1 is 1.26 bits per heavy atom. The zero-order valence-corrected chi connectivity index (χ0v) is 12.3. The standard InChI is InChI=1S/C14H22N2O2S/c1-2-3-9-11-12(19)15-14(18)16(13(11)17)10-7-5-4-6-8-10/h10,19H,2-9H2,1H3,(H,15,18). The lowest BCUT2D eigenvalue weighted by Crippen LogP contribution is -2.40. The van der Waals surface area contributed by atoms with Crippen LogP contribution in [-0.2, 0) is 6.42 Å². The summed E-state index contributed by atoms with van der Waals surface area (Å²) in [7, 11) is 0. The van der Waals surface area contributed by atoms with Gasteiger partial charge in [0.1, 0.15) is 0 Å². The van der Waals surface area contributed by atoms with Crippen molar-refractivity contribution in [3.63, 3.8) is 0 Å². The van der Waals surface area contributed by atoms with E-state index in [-0.39, 0.29) is 17.3 Å². The first-order valence-electron chi connectivity index (χ1n) is 7.21. The van der Waals surface area contributed by atoms with E-state index in [4.69, 9.17) is 0 Å². The molecule has 0 unspecified atom stereocenters. The largest absolute Gasteiger partial charge is 0.329 e. The maximum atomic E-state index is 12.5. The quantitative estimate of drug-likeness (QED) is 0.659. The van der Waals surface area contributed by atoms with Gasteiger partial charge in [0, 0.05) is 11.6 Å². The molecule has 0 aliphatic heterocycles. The van der Waals surface area contributed by atoms with Crippen LogP contribution >= 0.6 is 12.6 Å². The van der Waals surface area contributed by atoms with Gasteiger partial charge in [-0.2, -0.15) is 0 Å². The van der Waals surface area contributed by atoms with Gasteiger partial charge in [-0.15, -0.1) is 12.6 Å². The van der Waals surface area contributed by atoms with Crippen LogP contribution in [0, 0.1) is 0 Å². The predicted molar refractivity (Wildman–Crippen MR) is 79.3 cm³/mol. The average Bonchev–Trinajstić information content (AvgIpc) is 2.39. The number of rotatable bonds is 4. The summed E-state index contributed by atoms with van der Waals surface area (Å²) >= 11 is 4.25. The fraction of sp³-hybridized carbons (Fsp3) is 0.714. The zero-order chi connectivity index (χ0) is 13.8. The molecule has 0 saturated heterocycles. The number of unbranched alkanes of at least 4 members (excludes halogenated alkanes) is 1. The van der Waals surface area contributed by atoms with Crippen LogP contribution in [0.4, 0.5) is 0 Å². The Kier molecular flexibility index (Phi) is 4.91. The van der Waals surface area contributed by atoms with Crippen molar-refractivity contribution in [1.82, 2.24) is 9.55 Å². The Hall–Kier alpha value is -0.970. The van der Waals surface area contributed by atoms with Gasteiger partial charge in [-0.3, -0.25) is 9.36 Å². The Bertz CT molecular complexity index is 541. The predicted octanol–water partition coefficient (Wildman–Crippen LogP) is 2.67. The van der Waals surface area contributed by atoms with Gasteiger partial charge in [0.15, 0.2) is 0 Å². The van der Waals surface area contributed by atoms with Crippen LogP contribution in [0.3, 0.4) is 0 Å². The molecule has 106 valence electrons. The van der Waals surface area contributed by atoms with Crippen LogP contribution in [0.2, 0.25) is 0 Å². The summed E-state index contributed by atoms with van der Waals surface area (Å²) in [6.07, 6.45) is 7.93. The number of hydrogen-bond acceptors (Lipinski definition) is 3. The van der Waals surface area contributed by atoms with Crippen LogP contribution < -0.4 is 11.2 Å². The molecule has 4 nitrogen and oxygen atoms in total. The zero-order valence-electron chi connectivity index (χ0n) is 11.4. The monoisotopic (exact) mass is 282 g/mol. The lowest BCUT2D eigenvalue weighted by atomic mass is 9.95. The van der Waals surface area contributed by atoms with Crippen molar-refractivity contribution in [2.24, 2.45) is 0 Å². The van der Waals surface area contributed by atoms with E-state index in [9.17, 15) is 9.59 Å². The molecule has 0 radical (unpaired) electrons. The summed E-state index contributed by atoms with van der Waals surface area (Å²) in [5, 5.41) is 0.440. The minimum atomic E-state index is -0.304. The van der Waals surface area contributed by atoms with Gasteiger partial charge < -0.3 is 4.98 Å². The Labute approximate surface area is 118 Å². The van der Waals surface area contributed by atoms with Crippen molar-refractivity contribution >= 4 is 12.6 Å². The molecule has 0 amide bonds. The molecule has 5 heteroatoms. The highest BCUT2D eigenvalue weighted by molar-refractivity contribution is 7.80. The van der Waals surface area contributed by atoms with Crippen molar-refractivity contribution in [3.05, 3.63) is 26.4 Å². The Morgan fingerprint density at radius 3 is 2.58 bits per heavy atom. The second kappa shape index (κ2) is 6.46. The third-order valence-electron chi connectivity index (χ3n) is 3.93. The average molecular weight is 282 g/mol. The first-order chi connectivity index (χ1) is 9.15. The maximum absolute atomic E-state index is 12.5. The minimum Gasteiger partial charge on any atom is -0.302 e. The van der Waals surface area contributed by atoms with E-state index in [1.807, 2.05) is 0 Å². The first-order valence-corrected chi connectivity index (χ1v) is 7.66. The molecule has 1 saturated carbocycles. The maximum Gasteiger partial charge on any atom is 0.329 e. The number of H-pyrrole nitrogens is 1.